The first-order chi connectivity index (χ1) is 12.4. The van der Waals surface area contributed by atoms with Gasteiger partial charge in [0.25, 0.3) is 0 Å². The van der Waals surface area contributed by atoms with Gasteiger partial charge in [-0.3, -0.25) is 4.79 Å². The van der Waals surface area contributed by atoms with Crippen LogP contribution in [-0.4, -0.2) is 63.1 Å². The maximum atomic E-state index is 10.6. The molecule has 0 aromatic carbocycles. The SMILES string of the molecule is CCCCC[C@H](O)/C=C/[C@H]1[C@H](O)C[C@]2(C)C/C(=C\CCCC(=O)O)C[C@H]12.[NaH]. The molecular weight excluding hydrogens is 351 g/mol. The first kappa shape index (κ1) is 24.9. The van der Waals surface area contributed by atoms with E-state index in [4.69, 9.17) is 5.11 Å². The van der Waals surface area contributed by atoms with E-state index in [0.717, 1.165) is 51.4 Å². The van der Waals surface area contributed by atoms with Gasteiger partial charge in [-0.2, -0.15) is 0 Å². The predicted molar refractivity (Wildman–Crippen MR) is 111 cm³/mol. The normalized spacial score (nSPS) is 32.6. The zero-order valence-electron chi connectivity index (χ0n) is 16.4. The van der Waals surface area contributed by atoms with Crippen molar-refractivity contribution < 1.29 is 20.1 Å². The van der Waals surface area contributed by atoms with E-state index in [1.54, 1.807) is 0 Å². The molecule has 2 fully saturated rings. The molecule has 0 heterocycles. The quantitative estimate of drug-likeness (QED) is 0.302. The van der Waals surface area contributed by atoms with Crippen LogP contribution in [0.1, 0.15) is 78.1 Å². The predicted octanol–water partition coefficient (Wildman–Crippen LogP) is 3.81. The molecule has 2 aliphatic rings. The topological polar surface area (TPSA) is 77.8 Å². The van der Waals surface area contributed by atoms with Crippen molar-refractivity contribution >= 4 is 35.5 Å². The van der Waals surface area contributed by atoms with Crippen LogP contribution in [0.4, 0.5) is 0 Å². The fraction of sp³-hybridized carbons (Fsp3) is 0.773. The van der Waals surface area contributed by atoms with Crippen molar-refractivity contribution in [1.82, 2.24) is 0 Å². The first-order valence-corrected chi connectivity index (χ1v) is 10.3. The minimum absolute atomic E-state index is 0. The molecule has 2 saturated carbocycles. The Hall–Kier alpha value is -0.130. The molecule has 3 N–H and O–H groups in total. The molecule has 0 radical (unpaired) electrons. The molecule has 4 nitrogen and oxygen atoms in total. The number of hydrogen-bond donors (Lipinski definition) is 3. The Morgan fingerprint density at radius 2 is 2.07 bits per heavy atom. The number of rotatable bonds is 10. The summed E-state index contributed by atoms with van der Waals surface area (Å²) in [5.74, 6) is -0.197. The van der Waals surface area contributed by atoms with E-state index < -0.39 is 12.1 Å². The van der Waals surface area contributed by atoms with E-state index in [2.05, 4.69) is 26.0 Å². The Bertz CT molecular complexity index is 530. The monoisotopic (exact) mass is 388 g/mol. The van der Waals surface area contributed by atoms with Crippen LogP contribution < -0.4 is 0 Å². The number of fused-ring (bicyclic) bond motifs is 1. The molecule has 5 atom stereocenters. The van der Waals surface area contributed by atoms with Gasteiger partial charge in [0, 0.05) is 12.3 Å². The van der Waals surface area contributed by atoms with Crippen molar-refractivity contribution in [2.45, 2.75) is 90.3 Å². The van der Waals surface area contributed by atoms with Gasteiger partial charge < -0.3 is 15.3 Å². The van der Waals surface area contributed by atoms with Crippen LogP contribution in [0.15, 0.2) is 23.8 Å². The molecule has 0 bridgehead atoms. The van der Waals surface area contributed by atoms with Crippen LogP contribution in [0.25, 0.3) is 0 Å². The number of carbonyl (C=O) groups is 1. The van der Waals surface area contributed by atoms with Crippen molar-refractivity contribution in [3.63, 3.8) is 0 Å². The third kappa shape index (κ3) is 7.32. The van der Waals surface area contributed by atoms with Crippen LogP contribution in [0.3, 0.4) is 0 Å². The van der Waals surface area contributed by atoms with Crippen molar-refractivity contribution in [3.05, 3.63) is 23.8 Å². The number of hydrogen-bond acceptors (Lipinski definition) is 3. The van der Waals surface area contributed by atoms with Gasteiger partial charge in [-0.1, -0.05) is 56.9 Å². The first-order valence-electron chi connectivity index (χ1n) is 10.3. The molecule has 27 heavy (non-hydrogen) atoms. The Morgan fingerprint density at radius 1 is 1.33 bits per heavy atom. The number of carboxylic acid groups (broad SMARTS) is 1. The second kappa shape index (κ2) is 11.8. The molecule has 5 heteroatoms. The number of unbranched alkanes of at least 4 members (excludes halogenated alkanes) is 3. The van der Waals surface area contributed by atoms with E-state index in [9.17, 15) is 15.0 Å². The average molecular weight is 389 g/mol. The van der Waals surface area contributed by atoms with Gasteiger partial charge in [-0.05, 0) is 49.9 Å². The Balaban J connectivity index is 0.00000364. The molecule has 150 valence electrons. The molecule has 2 aliphatic carbocycles. The fourth-order valence-corrected chi connectivity index (χ4v) is 4.89. The molecule has 0 spiro atoms. The summed E-state index contributed by atoms with van der Waals surface area (Å²) in [6, 6.07) is 0. The Morgan fingerprint density at radius 3 is 2.74 bits per heavy atom. The maximum absolute atomic E-state index is 10.6. The number of aliphatic hydroxyl groups is 2. The third-order valence-corrected chi connectivity index (χ3v) is 6.28. The summed E-state index contributed by atoms with van der Waals surface area (Å²) in [7, 11) is 0. The van der Waals surface area contributed by atoms with Gasteiger partial charge in [0.1, 0.15) is 0 Å². The van der Waals surface area contributed by atoms with Crippen LogP contribution in [0.2, 0.25) is 0 Å². The average Bonchev–Trinajstić information content (AvgIpc) is 2.99. The third-order valence-electron chi connectivity index (χ3n) is 6.28. The summed E-state index contributed by atoms with van der Waals surface area (Å²) in [4.78, 5) is 10.6. The Labute approximate surface area is 186 Å². The summed E-state index contributed by atoms with van der Waals surface area (Å²) in [6.07, 6.45) is 14.1. The summed E-state index contributed by atoms with van der Waals surface area (Å²) in [5.41, 5.74) is 1.54. The number of aliphatic hydroxyl groups excluding tert-OH is 2. The van der Waals surface area contributed by atoms with E-state index >= 15 is 0 Å². The van der Waals surface area contributed by atoms with Gasteiger partial charge in [0.2, 0.25) is 0 Å². The summed E-state index contributed by atoms with van der Waals surface area (Å²) >= 11 is 0. The number of aliphatic carboxylic acids is 1. The van der Waals surface area contributed by atoms with Gasteiger partial charge in [0.15, 0.2) is 0 Å². The summed E-state index contributed by atoms with van der Waals surface area (Å²) in [6.45, 7) is 4.43. The van der Waals surface area contributed by atoms with Gasteiger partial charge in [0.05, 0.1) is 12.2 Å². The Kier molecular flexibility index (Phi) is 10.9. The molecule has 0 saturated heterocycles. The van der Waals surface area contributed by atoms with E-state index in [-0.39, 0.29) is 53.4 Å². The minimum atomic E-state index is -0.732. The molecule has 2 rings (SSSR count). The summed E-state index contributed by atoms with van der Waals surface area (Å²) < 4.78 is 0. The van der Waals surface area contributed by atoms with E-state index in [1.807, 2.05) is 6.08 Å². The molecular formula is C22H37NaO4. The molecule has 0 amide bonds. The summed E-state index contributed by atoms with van der Waals surface area (Å²) in [5, 5.41) is 29.4. The van der Waals surface area contributed by atoms with Crippen LogP contribution in [0.5, 0.6) is 0 Å². The molecule has 0 aliphatic heterocycles. The standard InChI is InChI=1S/C22H36O4.Na.H/c1-3-4-5-9-17(23)11-12-18-19-13-16(8-6-7-10-21(25)26)14-22(19,2)15-20(18)24;;/h8,11-12,17-20,23-24H,3-7,9-10,13-15H2,1-2H3,(H,25,26);;/b12-11+,16-8-;;/t17-,18+,19+,20+,22-;;/m0../s1. The van der Waals surface area contributed by atoms with Crippen molar-refractivity contribution in [2.24, 2.45) is 17.3 Å². The van der Waals surface area contributed by atoms with Gasteiger partial charge >= 0.3 is 35.5 Å². The van der Waals surface area contributed by atoms with Gasteiger partial charge in [-0.25, -0.2) is 0 Å². The molecule has 0 aromatic rings. The van der Waals surface area contributed by atoms with Crippen LogP contribution in [-0.2, 0) is 4.79 Å². The van der Waals surface area contributed by atoms with Crippen LogP contribution >= 0.6 is 0 Å². The molecule has 0 aromatic heterocycles. The zero-order chi connectivity index (χ0) is 19.2. The number of carboxylic acids is 1. The van der Waals surface area contributed by atoms with E-state index in [1.165, 1.54) is 5.57 Å². The second-order valence-corrected chi connectivity index (χ2v) is 8.59. The second-order valence-electron chi connectivity index (χ2n) is 8.59. The van der Waals surface area contributed by atoms with Crippen molar-refractivity contribution in [2.75, 3.05) is 0 Å². The molecule has 0 unspecified atom stereocenters. The van der Waals surface area contributed by atoms with E-state index in [0.29, 0.717) is 12.3 Å². The van der Waals surface area contributed by atoms with Gasteiger partial charge in [-0.15, -0.1) is 0 Å². The van der Waals surface area contributed by atoms with Crippen LogP contribution in [0, 0.1) is 17.3 Å². The number of allylic oxidation sites excluding steroid dienone is 2. The van der Waals surface area contributed by atoms with Crippen molar-refractivity contribution in [3.8, 4) is 0 Å². The van der Waals surface area contributed by atoms with Crippen molar-refractivity contribution in [1.29, 1.82) is 0 Å². The zero-order valence-corrected chi connectivity index (χ0v) is 16.4. The fourth-order valence-electron chi connectivity index (χ4n) is 4.89.